The van der Waals surface area contributed by atoms with E-state index in [4.69, 9.17) is 24.8 Å². The van der Waals surface area contributed by atoms with Crippen LogP contribution in [0.2, 0.25) is 0 Å². The largest absolute Gasteiger partial charge is 0.489 e. The number of carboxylic acid groups (broad SMARTS) is 1. The van der Waals surface area contributed by atoms with E-state index in [1.54, 1.807) is 17.6 Å². The standard InChI is InChI=1S/C21H20N2O2S.CH2O2/c1-2-15-5-3-4-6-19(15)25-12-14-9-16-7-8-24-20(16)18(10-14)21-23-17(11-22)13-26-21;2-1-3/h3-10,13H,2,11-12,22H2,1H3;1H,(H,2,3). The van der Waals surface area contributed by atoms with Gasteiger partial charge in [0, 0.05) is 17.3 Å². The van der Waals surface area contributed by atoms with Crippen LogP contribution in [0.3, 0.4) is 0 Å². The van der Waals surface area contributed by atoms with Crippen molar-refractivity contribution in [1.29, 1.82) is 0 Å². The van der Waals surface area contributed by atoms with Gasteiger partial charge in [-0.05, 0) is 41.8 Å². The molecule has 2 aromatic heterocycles. The van der Waals surface area contributed by atoms with Gasteiger partial charge < -0.3 is 20.0 Å². The summed E-state index contributed by atoms with van der Waals surface area (Å²) in [7, 11) is 0. The first kappa shape index (κ1) is 20.6. The van der Waals surface area contributed by atoms with E-state index in [2.05, 4.69) is 30.1 Å². The number of benzene rings is 2. The average Bonchev–Trinajstić information content (AvgIpc) is 3.41. The summed E-state index contributed by atoms with van der Waals surface area (Å²) in [5, 5.41) is 10.8. The van der Waals surface area contributed by atoms with Crippen LogP contribution in [0.15, 0.2) is 58.5 Å². The molecule has 4 aromatic rings. The van der Waals surface area contributed by atoms with Gasteiger partial charge in [-0.3, -0.25) is 4.79 Å². The average molecular weight is 410 g/mol. The van der Waals surface area contributed by atoms with Gasteiger partial charge >= 0.3 is 0 Å². The SMILES string of the molecule is CCc1ccccc1OCc1cc(-c2nc(CN)cs2)c2occc2c1.O=CO. The lowest BCUT2D eigenvalue weighted by Gasteiger charge is -2.11. The molecule has 3 N–H and O–H groups in total. The molecule has 0 unspecified atom stereocenters. The highest BCUT2D eigenvalue weighted by Gasteiger charge is 2.13. The molecule has 4 rings (SSSR count). The van der Waals surface area contributed by atoms with E-state index < -0.39 is 0 Å². The third-order valence-corrected chi connectivity index (χ3v) is 5.27. The van der Waals surface area contributed by atoms with Crippen LogP contribution in [0.5, 0.6) is 5.75 Å². The lowest BCUT2D eigenvalue weighted by Crippen LogP contribution is -1.99. The maximum Gasteiger partial charge on any atom is 0.290 e. The molecular formula is C22H22N2O4S. The van der Waals surface area contributed by atoms with Crippen molar-refractivity contribution in [3.8, 4) is 16.3 Å². The monoisotopic (exact) mass is 410 g/mol. The second kappa shape index (κ2) is 9.86. The van der Waals surface area contributed by atoms with E-state index in [0.29, 0.717) is 13.2 Å². The molecule has 0 fully saturated rings. The molecule has 0 aliphatic carbocycles. The van der Waals surface area contributed by atoms with Gasteiger partial charge in [-0.15, -0.1) is 11.3 Å². The fourth-order valence-corrected chi connectivity index (χ4v) is 3.85. The molecule has 29 heavy (non-hydrogen) atoms. The number of furan rings is 1. The Balaban J connectivity index is 0.000000755. The van der Waals surface area contributed by atoms with Crippen LogP contribution in [-0.4, -0.2) is 16.6 Å². The van der Waals surface area contributed by atoms with Crippen LogP contribution in [0.4, 0.5) is 0 Å². The Labute approximate surface area is 172 Å². The molecule has 7 heteroatoms. The number of aryl methyl sites for hydroxylation is 1. The highest BCUT2D eigenvalue weighted by Crippen LogP contribution is 2.33. The zero-order valence-electron chi connectivity index (χ0n) is 16.0. The minimum Gasteiger partial charge on any atom is -0.489 e. The number of nitrogens with zero attached hydrogens (tertiary/aromatic N) is 1. The van der Waals surface area contributed by atoms with Crippen LogP contribution in [0, 0.1) is 0 Å². The zero-order valence-corrected chi connectivity index (χ0v) is 16.8. The third-order valence-electron chi connectivity index (χ3n) is 4.35. The maximum atomic E-state index is 8.36. The number of carbonyl (C=O) groups is 1. The van der Waals surface area contributed by atoms with E-state index in [-0.39, 0.29) is 6.47 Å². The minimum absolute atomic E-state index is 0.250. The molecule has 0 saturated carbocycles. The molecule has 0 aliphatic rings. The van der Waals surface area contributed by atoms with Gasteiger partial charge in [-0.2, -0.15) is 0 Å². The first-order valence-corrected chi connectivity index (χ1v) is 10.0. The van der Waals surface area contributed by atoms with Gasteiger partial charge in [0.25, 0.3) is 6.47 Å². The molecule has 0 bridgehead atoms. The minimum atomic E-state index is -0.250. The summed E-state index contributed by atoms with van der Waals surface area (Å²) in [6, 6.07) is 14.3. The fraction of sp³-hybridized carbons (Fsp3) is 0.182. The Kier molecular flexibility index (Phi) is 6.99. The van der Waals surface area contributed by atoms with Crippen molar-refractivity contribution in [1.82, 2.24) is 4.98 Å². The number of para-hydroxylation sites is 1. The lowest BCUT2D eigenvalue weighted by atomic mass is 10.1. The second-order valence-electron chi connectivity index (χ2n) is 6.19. The lowest BCUT2D eigenvalue weighted by molar-refractivity contribution is -0.122. The van der Waals surface area contributed by atoms with Crippen molar-refractivity contribution in [2.75, 3.05) is 0 Å². The Bertz CT molecular complexity index is 1090. The predicted molar refractivity (Wildman–Crippen MR) is 114 cm³/mol. The molecule has 2 heterocycles. The Hall–Kier alpha value is -3.16. The summed E-state index contributed by atoms with van der Waals surface area (Å²) in [5.41, 5.74) is 10.7. The Morgan fingerprint density at radius 2 is 2.07 bits per heavy atom. The molecule has 2 aromatic carbocycles. The molecule has 6 nitrogen and oxygen atoms in total. The molecule has 0 spiro atoms. The van der Waals surface area contributed by atoms with Gasteiger partial charge in [0.1, 0.15) is 22.9 Å². The highest BCUT2D eigenvalue weighted by atomic mass is 32.1. The van der Waals surface area contributed by atoms with E-state index in [1.807, 2.05) is 29.6 Å². The van der Waals surface area contributed by atoms with Gasteiger partial charge in [0.05, 0.1) is 17.5 Å². The van der Waals surface area contributed by atoms with Gasteiger partial charge in [-0.1, -0.05) is 25.1 Å². The molecular weight excluding hydrogens is 388 g/mol. The van der Waals surface area contributed by atoms with Crippen molar-refractivity contribution in [2.45, 2.75) is 26.5 Å². The summed E-state index contributed by atoms with van der Waals surface area (Å²) in [5.74, 6) is 0.934. The second-order valence-corrected chi connectivity index (χ2v) is 7.04. The molecule has 150 valence electrons. The van der Waals surface area contributed by atoms with Crippen molar-refractivity contribution in [2.24, 2.45) is 5.73 Å². The number of ether oxygens (including phenoxy) is 1. The van der Waals surface area contributed by atoms with E-state index in [9.17, 15) is 0 Å². The Morgan fingerprint density at radius 1 is 1.28 bits per heavy atom. The first-order chi connectivity index (χ1) is 14.2. The van der Waals surface area contributed by atoms with Crippen LogP contribution < -0.4 is 10.5 Å². The molecule has 0 atom stereocenters. The maximum absolute atomic E-state index is 8.36. The smallest absolute Gasteiger partial charge is 0.290 e. The van der Waals surface area contributed by atoms with E-state index in [1.165, 1.54) is 5.56 Å². The van der Waals surface area contributed by atoms with E-state index in [0.717, 1.165) is 45.0 Å². The van der Waals surface area contributed by atoms with Gasteiger partial charge in [0.15, 0.2) is 0 Å². The summed E-state index contributed by atoms with van der Waals surface area (Å²) in [6.07, 6.45) is 2.66. The van der Waals surface area contributed by atoms with Crippen LogP contribution >= 0.6 is 11.3 Å². The predicted octanol–water partition coefficient (Wildman–Crippen LogP) is 4.86. The topological polar surface area (TPSA) is 98.6 Å². The first-order valence-electron chi connectivity index (χ1n) is 9.13. The summed E-state index contributed by atoms with van der Waals surface area (Å²) in [4.78, 5) is 13.0. The zero-order chi connectivity index (χ0) is 20.6. The van der Waals surface area contributed by atoms with Crippen LogP contribution in [-0.2, 0) is 24.4 Å². The Morgan fingerprint density at radius 3 is 2.79 bits per heavy atom. The summed E-state index contributed by atoms with van der Waals surface area (Å²) in [6.45, 7) is 2.82. The molecule has 0 amide bonds. The summed E-state index contributed by atoms with van der Waals surface area (Å²) < 4.78 is 11.8. The quantitative estimate of drug-likeness (QED) is 0.441. The molecule has 0 saturated heterocycles. The number of fused-ring (bicyclic) bond motifs is 1. The number of rotatable bonds is 6. The third kappa shape index (κ3) is 4.82. The number of aromatic nitrogens is 1. The molecule has 0 aliphatic heterocycles. The molecule has 0 radical (unpaired) electrons. The number of nitrogens with two attached hydrogens (primary N) is 1. The van der Waals surface area contributed by atoms with Crippen molar-refractivity contribution in [3.63, 3.8) is 0 Å². The van der Waals surface area contributed by atoms with E-state index >= 15 is 0 Å². The van der Waals surface area contributed by atoms with Crippen molar-refractivity contribution < 1.29 is 19.1 Å². The summed E-state index contributed by atoms with van der Waals surface area (Å²) >= 11 is 1.58. The fourth-order valence-electron chi connectivity index (χ4n) is 3.01. The van der Waals surface area contributed by atoms with Crippen LogP contribution in [0.25, 0.3) is 21.5 Å². The van der Waals surface area contributed by atoms with Crippen LogP contribution in [0.1, 0.15) is 23.7 Å². The number of thiazole rings is 1. The number of hydrogen-bond acceptors (Lipinski definition) is 6. The number of hydrogen-bond donors (Lipinski definition) is 2. The van der Waals surface area contributed by atoms with Crippen molar-refractivity contribution in [3.05, 3.63) is 70.9 Å². The normalized spacial score (nSPS) is 10.4. The van der Waals surface area contributed by atoms with Crippen molar-refractivity contribution >= 4 is 28.8 Å². The van der Waals surface area contributed by atoms with Gasteiger partial charge in [0.2, 0.25) is 0 Å². The van der Waals surface area contributed by atoms with Gasteiger partial charge in [-0.25, -0.2) is 4.98 Å². The highest BCUT2D eigenvalue weighted by molar-refractivity contribution is 7.13.